The minimum absolute atomic E-state index is 0.519. The number of nitrogens with one attached hydrogen (secondary N) is 1. The van der Waals surface area contributed by atoms with Crippen LogP contribution >= 0.6 is 0 Å². The molecule has 7 nitrogen and oxygen atoms in total. The first-order valence-electron chi connectivity index (χ1n) is 8.27. The van der Waals surface area contributed by atoms with Gasteiger partial charge in [-0.15, -0.1) is 0 Å². The standard InChI is InChI=1S/C18H24BN3O4/c1-17(2,3)25-15(23)21-13-8-11-10-20-22(14(11)9-12(13)19-7)16(24)26-18(4,5)6/h8-10H,7H2,1-6H3,(H,21,23). The average Bonchev–Trinajstić information content (AvgIpc) is 2.85. The maximum atomic E-state index is 12.3. The number of carbonyl (C=O) groups excluding carboxylic acids is 2. The molecule has 0 saturated carbocycles. The van der Waals surface area contributed by atoms with Crippen LogP contribution in [0.15, 0.2) is 18.3 Å². The molecule has 0 radical (unpaired) electrons. The summed E-state index contributed by atoms with van der Waals surface area (Å²) in [5, 5.41) is 7.47. The van der Waals surface area contributed by atoms with E-state index in [0.29, 0.717) is 22.1 Å². The molecule has 0 aliphatic rings. The van der Waals surface area contributed by atoms with Gasteiger partial charge in [0.2, 0.25) is 0 Å². The van der Waals surface area contributed by atoms with E-state index >= 15 is 0 Å². The van der Waals surface area contributed by atoms with Crippen LogP contribution in [0, 0.1) is 0 Å². The molecule has 0 unspecified atom stereocenters. The van der Waals surface area contributed by atoms with Crippen molar-refractivity contribution in [2.75, 3.05) is 5.32 Å². The van der Waals surface area contributed by atoms with E-state index in [-0.39, 0.29) is 0 Å². The third-order valence-electron chi connectivity index (χ3n) is 3.16. The molecular weight excluding hydrogens is 333 g/mol. The van der Waals surface area contributed by atoms with Crippen LogP contribution in [0.5, 0.6) is 0 Å². The molecule has 2 rings (SSSR count). The Kier molecular flexibility index (Phi) is 5.25. The van der Waals surface area contributed by atoms with E-state index in [1.807, 2.05) is 0 Å². The third kappa shape index (κ3) is 4.94. The molecule has 0 aliphatic heterocycles. The van der Waals surface area contributed by atoms with Crippen molar-refractivity contribution in [3.8, 4) is 0 Å². The summed E-state index contributed by atoms with van der Waals surface area (Å²) in [7, 11) is 0. The number of carbonyl (C=O) groups is 2. The molecule has 0 spiro atoms. The predicted octanol–water partition coefficient (Wildman–Crippen LogP) is 2.93. The van der Waals surface area contributed by atoms with E-state index in [2.05, 4.69) is 16.9 Å². The number of hydrogen-bond donors (Lipinski definition) is 1. The summed E-state index contributed by atoms with van der Waals surface area (Å²) in [5.41, 5.74) is 0.474. The number of benzene rings is 1. The summed E-state index contributed by atoms with van der Waals surface area (Å²) < 4.78 is 11.8. The average molecular weight is 357 g/mol. The number of aromatic nitrogens is 2. The van der Waals surface area contributed by atoms with Gasteiger partial charge in [0, 0.05) is 0 Å². The molecule has 1 amide bonds. The Hall–Kier alpha value is -2.64. The second kappa shape index (κ2) is 6.94. The van der Waals surface area contributed by atoms with E-state index in [0.717, 1.165) is 0 Å². The van der Waals surface area contributed by atoms with Crippen molar-refractivity contribution in [2.24, 2.45) is 0 Å². The number of nitrogens with zero attached hydrogens (tertiary/aromatic N) is 2. The maximum absolute atomic E-state index is 12.3. The van der Waals surface area contributed by atoms with Gasteiger partial charge in [-0.1, -0.05) is 0 Å². The fraction of sp³-hybridized carbons (Fsp3) is 0.444. The zero-order valence-electron chi connectivity index (χ0n) is 16.0. The van der Waals surface area contributed by atoms with Gasteiger partial charge in [0.05, 0.1) is 0 Å². The number of fused-ring (bicyclic) bond motifs is 1. The molecule has 1 heterocycles. The van der Waals surface area contributed by atoms with Crippen LogP contribution in [0.1, 0.15) is 41.5 Å². The predicted molar refractivity (Wildman–Crippen MR) is 104 cm³/mol. The monoisotopic (exact) mass is 357 g/mol. The molecule has 1 N–H and O–H groups in total. The van der Waals surface area contributed by atoms with Crippen molar-refractivity contribution in [1.82, 2.24) is 9.78 Å². The first-order valence-corrected chi connectivity index (χ1v) is 8.27. The summed E-state index contributed by atoms with van der Waals surface area (Å²) in [4.78, 5) is 24.4. The number of anilines is 1. The van der Waals surface area contributed by atoms with Crippen LogP contribution in [0.3, 0.4) is 0 Å². The quantitative estimate of drug-likeness (QED) is 0.836. The van der Waals surface area contributed by atoms with Gasteiger partial charge in [-0.25, -0.2) is 0 Å². The zero-order chi connectivity index (χ0) is 19.7. The van der Waals surface area contributed by atoms with Crippen LogP contribution in [-0.4, -0.2) is 46.6 Å². The van der Waals surface area contributed by atoms with Crippen molar-refractivity contribution in [3.63, 3.8) is 0 Å². The van der Waals surface area contributed by atoms with Crippen LogP contribution in [-0.2, 0) is 9.47 Å². The molecule has 0 aliphatic carbocycles. The van der Waals surface area contributed by atoms with Gasteiger partial charge in [0.25, 0.3) is 0 Å². The first-order chi connectivity index (χ1) is 11.9. The summed E-state index contributed by atoms with van der Waals surface area (Å²) in [6, 6.07) is 3.43. The molecule has 1 aromatic carbocycles. The van der Waals surface area contributed by atoms with E-state index in [1.54, 1.807) is 60.6 Å². The number of amides is 1. The Bertz CT molecular complexity index is 860. The Morgan fingerprint density at radius 2 is 1.73 bits per heavy atom. The molecule has 138 valence electrons. The summed E-state index contributed by atoms with van der Waals surface area (Å²) >= 11 is 0. The molecule has 0 fully saturated rings. The number of ether oxygens (including phenoxy) is 2. The topological polar surface area (TPSA) is 82.5 Å². The van der Waals surface area contributed by atoms with E-state index in [4.69, 9.17) is 9.47 Å². The van der Waals surface area contributed by atoms with E-state index < -0.39 is 23.4 Å². The van der Waals surface area contributed by atoms with Crippen LogP contribution in [0.2, 0.25) is 0 Å². The van der Waals surface area contributed by atoms with Crippen molar-refractivity contribution in [1.29, 1.82) is 0 Å². The summed E-state index contributed by atoms with van der Waals surface area (Å²) in [5.74, 6) is 0. The number of rotatable bonds is 2. The second-order valence-corrected chi connectivity index (χ2v) is 7.87. The van der Waals surface area contributed by atoms with Gasteiger partial charge in [-0.3, -0.25) is 0 Å². The molecule has 8 heteroatoms. The Labute approximate surface area is 153 Å². The third-order valence-corrected chi connectivity index (χ3v) is 3.16. The van der Waals surface area contributed by atoms with Crippen LogP contribution in [0.4, 0.5) is 15.3 Å². The van der Waals surface area contributed by atoms with Crippen molar-refractivity contribution < 1.29 is 19.1 Å². The fourth-order valence-corrected chi connectivity index (χ4v) is 2.23. The van der Waals surface area contributed by atoms with Gasteiger partial charge in [-0.05, 0) is 0 Å². The first kappa shape index (κ1) is 19.7. The van der Waals surface area contributed by atoms with Crippen LogP contribution in [0.25, 0.3) is 10.9 Å². The molecule has 0 saturated heterocycles. The summed E-state index contributed by atoms with van der Waals surface area (Å²) in [6.07, 6.45) is 0.390. The van der Waals surface area contributed by atoms with Gasteiger partial charge >= 0.3 is 153 Å². The van der Waals surface area contributed by atoms with Gasteiger partial charge in [-0.2, -0.15) is 0 Å². The fourth-order valence-electron chi connectivity index (χ4n) is 2.23. The van der Waals surface area contributed by atoms with Crippen molar-refractivity contribution >= 4 is 47.6 Å². The van der Waals surface area contributed by atoms with Gasteiger partial charge in [0.15, 0.2) is 0 Å². The minimum atomic E-state index is -0.630. The van der Waals surface area contributed by atoms with Gasteiger partial charge < -0.3 is 0 Å². The van der Waals surface area contributed by atoms with E-state index in [9.17, 15) is 9.59 Å². The molecule has 1 aromatic heterocycles. The zero-order valence-corrected chi connectivity index (χ0v) is 16.0. The molecule has 26 heavy (non-hydrogen) atoms. The van der Waals surface area contributed by atoms with Crippen molar-refractivity contribution in [2.45, 2.75) is 52.7 Å². The molecule has 0 atom stereocenters. The second-order valence-electron chi connectivity index (χ2n) is 7.87. The van der Waals surface area contributed by atoms with Gasteiger partial charge in [0.1, 0.15) is 0 Å². The summed E-state index contributed by atoms with van der Waals surface area (Å²) in [6.45, 7) is 16.1. The molecule has 2 aromatic rings. The van der Waals surface area contributed by atoms with Crippen LogP contribution < -0.4 is 10.8 Å². The molecule has 0 bridgehead atoms. The van der Waals surface area contributed by atoms with E-state index in [1.165, 1.54) is 10.9 Å². The van der Waals surface area contributed by atoms with Crippen molar-refractivity contribution in [3.05, 3.63) is 18.3 Å². The Morgan fingerprint density at radius 1 is 1.12 bits per heavy atom. The Balaban J connectivity index is 2.37. The molecular formula is C18H24BN3O4. The normalized spacial score (nSPS) is 11.8. The number of hydrogen-bond acceptors (Lipinski definition) is 5. The SMILES string of the molecule is C=Bc1cc2c(cnn2C(=O)OC(C)(C)C)cc1NC(=O)OC(C)(C)C. The Morgan fingerprint density at radius 3 is 2.27 bits per heavy atom.